The average Bonchev–Trinajstić information content (AvgIpc) is 2.90. The predicted octanol–water partition coefficient (Wildman–Crippen LogP) is 6.11. The number of hydrogen-bond donors (Lipinski definition) is 0. The fraction of sp³-hybridized carbons (Fsp3) is 0.0556. The van der Waals surface area contributed by atoms with Crippen LogP contribution in [0.5, 0.6) is 5.75 Å². The second-order valence-corrected chi connectivity index (χ2v) is 8.80. The van der Waals surface area contributed by atoms with Crippen molar-refractivity contribution in [2.75, 3.05) is 6.61 Å². The zero-order valence-corrected chi connectivity index (χ0v) is 18.4. The monoisotopic (exact) mass is 491 g/mol. The molecular weight excluding hydrogens is 484 g/mol. The van der Waals surface area contributed by atoms with Gasteiger partial charge in [-0.1, -0.05) is 76.4 Å². The van der Waals surface area contributed by atoms with Crippen LogP contribution in [0.3, 0.4) is 0 Å². The molecule has 0 atom stereocenters. The van der Waals surface area contributed by atoms with Gasteiger partial charge >= 0.3 is 0 Å². The van der Waals surface area contributed by atoms with E-state index in [-0.39, 0.29) is 20.0 Å². The number of ether oxygens (including phenoxy) is 1. The summed E-state index contributed by atoms with van der Waals surface area (Å²) >= 11 is 30.0. The van der Waals surface area contributed by atoms with E-state index < -0.39 is 18.4 Å². The summed E-state index contributed by atoms with van der Waals surface area (Å²) < 4.78 is 5.50. The molecular formula is C18H9Cl4NO3S2. The molecule has 28 heavy (non-hydrogen) atoms. The highest BCUT2D eigenvalue weighted by Gasteiger charge is 2.37. The van der Waals surface area contributed by atoms with E-state index in [1.165, 1.54) is 12.1 Å². The number of nitrogens with zero attached hydrogens (tertiary/aromatic N) is 1. The van der Waals surface area contributed by atoms with E-state index in [0.717, 1.165) is 16.7 Å². The Bertz CT molecular complexity index is 1030. The highest BCUT2D eigenvalue weighted by molar-refractivity contribution is 8.26. The molecule has 0 saturated carbocycles. The first-order valence-corrected chi connectivity index (χ1v) is 10.3. The van der Waals surface area contributed by atoms with Gasteiger partial charge in [-0.3, -0.25) is 9.59 Å². The third-order valence-corrected chi connectivity index (χ3v) is 5.93. The molecule has 2 aromatic rings. The maximum Gasteiger partial charge on any atom is 0.273 e. The van der Waals surface area contributed by atoms with Gasteiger partial charge in [0, 0.05) is 15.1 Å². The molecule has 10 heteroatoms. The molecule has 1 saturated heterocycles. The van der Waals surface area contributed by atoms with Gasteiger partial charge in [0.15, 0.2) is 10.9 Å². The number of halogens is 4. The Labute approximate surface area is 190 Å². The van der Waals surface area contributed by atoms with E-state index in [9.17, 15) is 9.59 Å². The number of hydrogen-bond acceptors (Lipinski definition) is 5. The lowest BCUT2D eigenvalue weighted by Gasteiger charge is -2.13. The van der Waals surface area contributed by atoms with Gasteiger partial charge in [-0.15, -0.1) is 0 Å². The number of amides is 2. The first-order chi connectivity index (χ1) is 13.3. The number of carbonyl (C=O) groups excluding carboxylic acids is 2. The van der Waals surface area contributed by atoms with E-state index in [4.69, 9.17) is 63.4 Å². The average molecular weight is 493 g/mol. The van der Waals surface area contributed by atoms with Crippen molar-refractivity contribution in [1.29, 1.82) is 0 Å². The Morgan fingerprint density at radius 3 is 2.36 bits per heavy atom. The number of imide groups is 1. The van der Waals surface area contributed by atoms with Gasteiger partial charge in [-0.25, -0.2) is 4.90 Å². The van der Waals surface area contributed by atoms with Crippen LogP contribution in [0.15, 0.2) is 41.3 Å². The molecule has 1 heterocycles. The summed E-state index contributed by atoms with van der Waals surface area (Å²) in [6.45, 7) is -0.414. The van der Waals surface area contributed by atoms with Crippen molar-refractivity contribution in [3.05, 3.63) is 67.0 Å². The van der Waals surface area contributed by atoms with Crippen LogP contribution in [0, 0.1) is 0 Å². The minimum absolute atomic E-state index is 0.108. The number of rotatable bonds is 4. The predicted molar refractivity (Wildman–Crippen MR) is 118 cm³/mol. The molecule has 0 radical (unpaired) electrons. The summed E-state index contributed by atoms with van der Waals surface area (Å²) in [5.41, 5.74) is 0.586. The zero-order chi connectivity index (χ0) is 20.4. The number of benzene rings is 2. The van der Waals surface area contributed by atoms with Gasteiger partial charge in [0.25, 0.3) is 11.8 Å². The fourth-order valence-electron chi connectivity index (χ4n) is 2.24. The molecule has 0 N–H and O–H groups in total. The van der Waals surface area contributed by atoms with Crippen molar-refractivity contribution in [2.45, 2.75) is 0 Å². The maximum absolute atomic E-state index is 12.6. The van der Waals surface area contributed by atoms with E-state index in [1.807, 2.05) is 0 Å². The molecule has 1 fully saturated rings. The molecule has 1 aliphatic heterocycles. The van der Waals surface area contributed by atoms with Crippen molar-refractivity contribution in [3.8, 4) is 5.75 Å². The molecule has 144 valence electrons. The third-order valence-electron chi connectivity index (χ3n) is 3.54. The van der Waals surface area contributed by atoms with Crippen molar-refractivity contribution in [2.24, 2.45) is 0 Å². The van der Waals surface area contributed by atoms with E-state index in [0.29, 0.717) is 20.6 Å². The summed E-state index contributed by atoms with van der Waals surface area (Å²) in [6, 6.07) is 9.47. The molecule has 1 aliphatic rings. The quantitative estimate of drug-likeness (QED) is 0.380. The Balaban J connectivity index is 1.74. The Hall–Kier alpha value is -1.28. The van der Waals surface area contributed by atoms with Crippen molar-refractivity contribution < 1.29 is 14.3 Å². The Morgan fingerprint density at radius 2 is 1.71 bits per heavy atom. The maximum atomic E-state index is 12.6. The first-order valence-electron chi connectivity index (χ1n) is 7.60. The van der Waals surface area contributed by atoms with Crippen LogP contribution >= 0.6 is 70.4 Å². The largest absolute Gasteiger partial charge is 0.482 e. The van der Waals surface area contributed by atoms with Crippen molar-refractivity contribution in [3.63, 3.8) is 0 Å². The molecule has 0 aromatic heterocycles. The van der Waals surface area contributed by atoms with Crippen LogP contribution in [0.1, 0.15) is 5.56 Å². The Kier molecular flexibility index (Phi) is 6.91. The smallest absolute Gasteiger partial charge is 0.273 e. The Morgan fingerprint density at radius 1 is 1.07 bits per heavy atom. The minimum atomic E-state index is -0.612. The molecule has 4 nitrogen and oxygen atoms in total. The summed E-state index contributed by atoms with van der Waals surface area (Å²) in [5.74, 6) is -0.885. The van der Waals surface area contributed by atoms with Crippen LogP contribution in [-0.2, 0) is 9.59 Å². The van der Waals surface area contributed by atoms with Crippen LogP contribution in [-0.4, -0.2) is 27.6 Å². The van der Waals surface area contributed by atoms with Gasteiger partial charge in [-0.05, 0) is 42.0 Å². The molecule has 0 spiro atoms. The second kappa shape index (κ2) is 9.03. The lowest BCUT2D eigenvalue weighted by atomic mass is 10.2. The zero-order valence-electron chi connectivity index (χ0n) is 13.7. The molecule has 0 bridgehead atoms. The van der Waals surface area contributed by atoms with E-state index >= 15 is 0 Å². The van der Waals surface area contributed by atoms with Crippen LogP contribution < -0.4 is 4.74 Å². The van der Waals surface area contributed by atoms with Gasteiger partial charge in [-0.2, -0.15) is 0 Å². The highest BCUT2D eigenvalue weighted by atomic mass is 35.5. The van der Waals surface area contributed by atoms with Crippen molar-refractivity contribution in [1.82, 2.24) is 4.90 Å². The number of thioether (sulfide) groups is 1. The van der Waals surface area contributed by atoms with Gasteiger partial charge in [0.2, 0.25) is 0 Å². The molecule has 2 amide bonds. The SMILES string of the molecule is O=C(COc1ccc(Cl)cc1Cl)N1C(=O)/C(=C\c2ccc(Cl)cc2Cl)SC1=S. The van der Waals surface area contributed by atoms with Gasteiger partial charge < -0.3 is 4.74 Å². The number of thiocarbonyl (C=S) groups is 1. The lowest BCUT2D eigenvalue weighted by molar-refractivity contribution is -0.137. The van der Waals surface area contributed by atoms with Crippen molar-refractivity contribution >= 4 is 92.6 Å². The van der Waals surface area contributed by atoms with Crippen LogP contribution in [0.2, 0.25) is 20.1 Å². The second-order valence-electron chi connectivity index (χ2n) is 5.44. The molecule has 0 unspecified atom stereocenters. The van der Waals surface area contributed by atoms with Gasteiger partial charge in [0.05, 0.1) is 9.93 Å². The third kappa shape index (κ3) is 4.82. The minimum Gasteiger partial charge on any atom is -0.482 e. The highest BCUT2D eigenvalue weighted by Crippen LogP contribution is 2.34. The summed E-state index contributed by atoms with van der Waals surface area (Å²) in [4.78, 5) is 26.2. The summed E-state index contributed by atoms with van der Waals surface area (Å²) in [7, 11) is 0. The van der Waals surface area contributed by atoms with Crippen LogP contribution in [0.25, 0.3) is 6.08 Å². The van der Waals surface area contributed by atoms with E-state index in [2.05, 4.69) is 0 Å². The molecule has 0 aliphatic carbocycles. The normalized spacial score (nSPS) is 15.4. The summed E-state index contributed by atoms with van der Waals surface area (Å²) in [5, 5.41) is 1.54. The van der Waals surface area contributed by atoms with Crippen LogP contribution in [0.4, 0.5) is 0 Å². The standard InChI is InChI=1S/C18H9Cl4NO3S2/c19-10-2-1-9(12(21)6-10)5-15-17(25)23(18(27)28-15)16(24)8-26-14-4-3-11(20)7-13(14)22/h1-7H,8H2/b15-5+. The summed E-state index contributed by atoms with van der Waals surface area (Å²) in [6.07, 6.45) is 1.56. The van der Waals surface area contributed by atoms with E-state index in [1.54, 1.807) is 30.3 Å². The molecule has 2 aromatic carbocycles. The topological polar surface area (TPSA) is 46.6 Å². The lowest BCUT2D eigenvalue weighted by Crippen LogP contribution is -2.38. The fourth-order valence-corrected chi connectivity index (χ4v) is 4.45. The first kappa shape index (κ1) is 21.4. The van der Waals surface area contributed by atoms with Gasteiger partial charge in [0.1, 0.15) is 5.75 Å². The molecule has 3 rings (SSSR count). The number of carbonyl (C=O) groups is 2.